The summed E-state index contributed by atoms with van der Waals surface area (Å²) in [7, 11) is 1.69. The van der Waals surface area contributed by atoms with Crippen LogP contribution in [0.25, 0.3) is 11.2 Å². The smallest absolute Gasteiger partial charge is 0.383 e. The minimum atomic E-state index is -4.39. The van der Waals surface area contributed by atoms with E-state index in [1.165, 1.54) is 18.6 Å². The van der Waals surface area contributed by atoms with E-state index >= 15 is 0 Å². The number of rotatable bonds is 9. The minimum absolute atomic E-state index is 0.120. The second-order valence-electron chi connectivity index (χ2n) is 10.8. The van der Waals surface area contributed by atoms with Gasteiger partial charge in [-0.25, -0.2) is 9.97 Å². The zero-order valence-electron chi connectivity index (χ0n) is 22.7. The van der Waals surface area contributed by atoms with Crippen LogP contribution in [0.5, 0.6) is 0 Å². The summed E-state index contributed by atoms with van der Waals surface area (Å²) in [5.41, 5.74) is 1.45. The number of fused-ring (bicyclic) bond motifs is 1. The predicted molar refractivity (Wildman–Crippen MR) is 146 cm³/mol. The number of nitrogens with zero attached hydrogens (tertiary/aromatic N) is 5. The molecule has 2 aliphatic rings. The normalized spacial score (nSPS) is 19.2. The van der Waals surface area contributed by atoms with Crippen molar-refractivity contribution in [2.24, 2.45) is 5.92 Å². The molecule has 1 saturated carbocycles. The molecule has 1 aromatic carbocycles. The Morgan fingerprint density at radius 2 is 1.85 bits per heavy atom. The Morgan fingerprint density at radius 1 is 1.10 bits per heavy atom. The quantitative estimate of drug-likeness (QED) is 0.327. The summed E-state index contributed by atoms with van der Waals surface area (Å²) in [5, 5.41) is 11.8. The molecule has 2 fully saturated rings. The fourth-order valence-electron chi connectivity index (χ4n) is 5.55. The van der Waals surface area contributed by atoms with Crippen molar-refractivity contribution >= 4 is 28.6 Å². The van der Waals surface area contributed by atoms with Crippen LogP contribution in [-0.2, 0) is 17.5 Å². The Bertz CT molecular complexity index is 1320. The highest BCUT2D eigenvalue weighted by Crippen LogP contribution is 2.35. The maximum atomic E-state index is 13.2. The highest BCUT2D eigenvalue weighted by Gasteiger charge is 2.32. The van der Waals surface area contributed by atoms with Crippen molar-refractivity contribution in [2.75, 3.05) is 30.5 Å². The molecule has 1 saturated heterocycles. The van der Waals surface area contributed by atoms with Crippen molar-refractivity contribution in [2.45, 2.75) is 77.2 Å². The van der Waals surface area contributed by atoms with Crippen LogP contribution in [0.4, 0.5) is 24.9 Å². The van der Waals surface area contributed by atoms with E-state index in [-0.39, 0.29) is 17.8 Å². The minimum Gasteiger partial charge on any atom is -0.383 e. The first kappa shape index (κ1) is 27.4. The number of hydrogen-bond donors (Lipinski definition) is 2. The zero-order chi connectivity index (χ0) is 27.7. The number of benzene rings is 1. The van der Waals surface area contributed by atoms with E-state index in [1.807, 2.05) is 4.57 Å². The molecule has 0 radical (unpaired) electrons. The summed E-state index contributed by atoms with van der Waals surface area (Å²) in [5.74, 6) is 2.15. The van der Waals surface area contributed by atoms with E-state index in [9.17, 15) is 13.2 Å². The van der Waals surface area contributed by atoms with Gasteiger partial charge in [0.15, 0.2) is 17.3 Å². The van der Waals surface area contributed by atoms with Crippen molar-refractivity contribution in [1.82, 2.24) is 19.5 Å². The number of piperidine rings is 1. The lowest BCUT2D eigenvalue weighted by atomic mass is 9.80. The number of hydrogen-bond acceptors (Lipinski definition) is 7. The van der Waals surface area contributed by atoms with Gasteiger partial charge in [-0.05, 0) is 69.6 Å². The average molecular weight is 544 g/mol. The van der Waals surface area contributed by atoms with Gasteiger partial charge in [-0.15, -0.1) is 0 Å². The molecule has 3 aromatic rings. The van der Waals surface area contributed by atoms with Gasteiger partial charge in [0.1, 0.15) is 5.52 Å². The van der Waals surface area contributed by atoms with E-state index in [0.29, 0.717) is 53.4 Å². The van der Waals surface area contributed by atoms with Gasteiger partial charge in [-0.2, -0.15) is 18.2 Å². The lowest BCUT2D eigenvalue weighted by Gasteiger charge is -2.36. The highest BCUT2D eigenvalue weighted by atomic mass is 19.4. The molecular weight excluding hydrogens is 507 g/mol. The van der Waals surface area contributed by atoms with Crippen LogP contribution in [0.15, 0.2) is 24.3 Å². The van der Waals surface area contributed by atoms with Crippen molar-refractivity contribution in [3.05, 3.63) is 41.2 Å². The Morgan fingerprint density at radius 3 is 2.46 bits per heavy atom. The molecule has 2 unspecified atom stereocenters. The van der Waals surface area contributed by atoms with E-state index in [1.54, 1.807) is 14.0 Å². The monoisotopic (exact) mass is 543 g/mol. The highest BCUT2D eigenvalue weighted by molar-refractivity contribution is 5.96. The van der Waals surface area contributed by atoms with Gasteiger partial charge in [-0.3, -0.25) is 0 Å². The standard InChI is InChI=1S/C28H36F3N7O/c1-17(32)24-34-25(33-18(2)20-7-6-8-20)23-26(35-24)36-27(37-14-5-4-9-22(37)16-39-3)38(23)15-19-10-12-21(13-11-19)28(29,30)31/h10-13,18,20,22,32H,4-9,14-16H2,1-3H3,(H,33,34,35). The molecule has 1 aliphatic carbocycles. The lowest BCUT2D eigenvalue weighted by molar-refractivity contribution is -0.137. The number of halogens is 3. The molecule has 5 rings (SSSR count). The van der Waals surface area contributed by atoms with Crippen LogP contribution < -0.4 is 10.2 Å². The fraction of sp³-hybridized carbons (Fsp3) is 0.571. The third kappa shape index (κ3) is 5.73. The molecule has 2 atom stereocenters. The predicted octanol–water partition coefficient (Wildman–Crippen LogP) is 5.89. The molecular formula is C28H36F3N7O. The van der Waals surface area contributed by atoms with Crippen molar-refractivity contribution in [3.63, 3.8) is 0 Å². The van der Waals surface area contributed by atoms with Crippen LogP contribution in [0.2, 0.25) is 0 Å². The molecule has 0 bridgehead atoms. The second kappa shape index (κ2) is 11.1. The number of anilines is 2. The molecule has 0 amide bonds. The zero-order valence-corrected chi connectivity index (χ0v) is 22.7. The summed E-state index contributed by atoms with van der Waals surface area (Å²) in [6, 6.07) is 5.56. The van der Waals surface area contributed by atoms with Crippen LogP contribution in [0.1, 0.15) is 69.3 Å². The topological polar surface area (TPSA) is 92.0 Å². The average Bonchev–Trinajstić information content (AvgIpc) is 3.21. The Hall–Kier alpha value is -3.21. The van der Waals surface area contributed by atoms with Gasteiger partial charge < -0.3 is 24.9 Å². The molecule has 11 heteroatoms. The van der Waals surface area contributed by atoms with Gasteiger partial charge in [0.2, 0.25) is 5.95 Å². The van der Waals surface area contributed by atoms with Crippen LogP contribution in [-0.4, -0.2) is 57.6 Å². The fourth-order valence-corrected chi connectivity index (χ4v) is 5.55. The first-order valence-corrected chi connectivity index (χ1v) is 13.7. The lowest BCUT2D eigenvalue weighted by Crippen LogP contribution is -2.43. The maximum absolute atomic E-state index is 13.2. The maximum Gasteiger partial charge on any atom is 0.416 e. The third-order valence-corrected chi connectivity index (χ3v) is 8.00. The first-order chi connectivity index (χ1) is 18.7. The second-order valence-corrected chi connectivity index (χ2v) is 10.8. The van der Waals surface area contributed by atoms with Crippen LogP contribution in [0.3, 0.4) is 0 Å². The Labute approximate surface area is 226 Å². The van der Waals surface area contributed by atoms with Gasteiger partial charge in [-0.1, -0.05) is 18.6 Å². The molecule has 8 nitrogen and oxygen atoms in total. The molecule has 1 aliphatic heterocycles. The van der Waals surface area contributed by atoms with Crippen LogP contribution in [0, 0.1) is 11.3 Å². The number of aromatic nitrogens is 4. The Kier molecular flexibility index (Phi) is 7.80. The molecule has 210 valence electrons. The molecule has 0 spiro atoms. The van der Waals surface area contributed by atoms with E-state index in [4.69, 9.17) is 20.1 Å². The number of imidazole rings is 1. The summed E-state index contributed by atoms with van der Waals surface area (Å²) >= 11 is 0. The number of nitrogens with one attached hydrogen (secondary N) is 2. The van der Waals surface area contributed by atoms with E-state index < -0.39 is 11.7 Å². The van der Waals surface area contributed by atoms with Gasteiger partial charge in [0, 0.05) is 19.7 Å². The SMILES string of the molecule is COCC1CCCCN1c1nc2nc(C(C)=N)nc(NC(C)C3CCC3)c2n1Cc1ccc(C(F)(F)F)cc1. The summed E-state index contributed by atoms with van der Waals surface area (Å²) < 4.78 is 47.2. The summed E-state index contributed by atoms with van der Waals surface area (Å²) in [6.45, 7) is 5.43. The van der Waals surface area contributed by atoms with Gasteiger partial charge in [0.25, 0.3) is 0 Å². The number of ether oxygens (including phenoxy) is 1. The van der Waals surface area contributed by atoms with Crippen molar-refractivity contribution in [1.29, 1.82) is 5.41 Å². The molecule has 2 N–H and O–H groups in total. The van der Waals surface area contributed by atoms with Gasteiger partial charge in [0.05, 0.1) is 30.5 Å². The van der Waals surface area contributed by atoms with Gasteiger partial charge >= 0.3 is 6.18 Å². The molecule has 39 heavy (non-hydrogen) atoms. The third-order valence-electron chi connectivity index (χ3n) is 8.00. The molecule has 2 aromatic heterocycles. The van der Waals surface area contributed by atoms with E-state index in [0.717, 1.165) is 50.8 Å². The molecule has 3 heterocycles. The van der Waals surface area contributed by atoms with E-state index in [2.05, 4.69) is 22.1 Å². The van der Waals surface area contributed by atoms with Crippen molar-refractivity contribution in [3.8, 4) is 0 Å². The number of methoxy groups -OCH3 is 1. The summed E-state index contributed by atoms with van der Waals surface area (Å²) in [4.78, 5) is 16.6. The first-order valence-electron chi connectivity index (χ1n) is 13.7. The summed E-state index contributed by atoms with van der Waals surface area (Å²) in [6.07, 6.45) is 2.18. The largest absolute Gasteiger partial charge is 0.416 e. The van der Waals surface area contributed by atoms with Crippen molar-refractivity contribution < 1.29 is 17.9 Å². The number of alkyl halides is 3. The Balaban J connectivity index is 1.64. The van der Waals surface area contributed by atoms with Crippen LogP contribution >= 0.6 is 0 Å².